The molecule has 0 spiro atoms. The predicted molar refractivity (Wildman–Crippen MR) is 119 cm³/mol. The van der Waals surface area contributed by atoms with Crippen molar-refractivity contribution in [2.45, 2.75) is 25.3 Å². The van der Waals surface area contributed by atoms with Gasteiger partial charge in [0.1, 0.15) is 24.7 Å². The number of hydrogen-bond acceptors (Lipinski definition) is 4. The summed E-state index contributed by atoms with van der Waals surface area (Å²) in [6.07, 6.45) is 3.79. The molecule has 2 atom stereocenters. The molecule has 0 saturated carbocycles. The Bertz CT molecular complexity index is 825. The van der Waals surface area contributed by atoms with Crippen LogP contribution in [0.15, 0.2) is 54.6 Å². The number of aldehydes is 1. The first-order valence-electron chi connectivity index (χ1n) is 10.5. The molecule has 6 nitrogen and oxygen atoms in total. The zero-order chi connectivity index (χ0) is 21.3. The topological polar surface area (TPSA) is 61.9 Å². The minimum atomic E-state index is -0.692. The van der Waals surface area contributed by atoms with E-state index in [4.69, 9.17) is 4.74 Å². The number of urea groups is 1. The number of amides is 2. The number of nitrogens with zero attached hydrogens (tertiary/aromatic N) is 2. The summed E-state index contributed by atoms with van der Waals surface area (Å²) in [6, 6.07) is 17.1. The predicted octanol–water partition coefficient (Wildman–Crippen LogP) is 3.36. The Morgan fingerprint density at radius 3 is 2.67 bits per heavy atom. The van der Waals surface area contributed by atoms with Crippen molar-refractivity contribution in [1.29, 1.82) is 0 Å². The second-order valence-electron chi connectivity index (χ2n) is 8.01. The Labute approximate surface area is 178 Å². The van der Waals surface area contributed by atoms with Crippen LogP contribution in [0.1, 0.15) is 18.4 Å². The highest BCUT2D eigenvalue weighted by molar-refractivity contribution is 5.78. The molecule has 1 aliphatic rings. The van der Waals surface area contributed by atoms with Gasteiger partial charge in [-0.25, -0.2) is 4.79 Å². The number of para-hydroxylation sites is 2. The molecule has 0 bridgehead atoms. The van der Waals surface area contributed by atoms with Gasteiger partial charge in [0.25, 0.3) is 0 Å². The fourth-order valence-electron chi connectivity index (χ4n) is 3.86. The summed E-state index contributed by atoms with van der Waals surface area (Å²) in [5, 5.41) is 2.82. The molecule has 1 saturated heterocycles. The Hall–Kier alpha value is -3.02. The van der Waals surface area contributed by atoms with E-state index in [1.807, 2.05) is 66.4 Å². The summed E-state index contributed by atoms with van der Waals surface area (Å²) in [7, 11) is 3.87. The molecule has 2 aromatic carbocycles. The van der Waals surface area contributed by atoms with E-state index >= 15 is 0 Å². The molecule has 1 aliphatic heterocycles. The summed E-state index contributed by atoms with van der Waals surface area (Å²) in [5.41, 5.74) is 2.22. The normalized spacial score (nSPS) is 17.1. The first-order chi connectivity index (χ1) is 14.6. The first-order valence-corrected chi connectivity index (χ1v) is 10.5. The summed E-state index contributed by atoms with van der Waals surface area (Å²) in [4.78, 5) is 28.1. The Morgan fingerprint density at radius 1 is 1.20 bits per heavy atom. The molecule has 1 heterocycles. The average Bonchev–Trinajstić information content (AvgIpc) is 2.77. The Balaban J connectivity index is 1.52. The zero-order valence-corrected chi connectivity index (χ0v) is 17.8. The van der Waals surface area contributed by atoms with Gasteiger partial charge in [-0.3, -0.25) is 0 Å². The fourth-order valence-corrected chi connectivity index (χ4v) is 3.86. The number of ether oxygens (including phenoxy) is 1. The van der Waals surface area contributed by atoms with E-state index in [1.54, 1.807) is 0 Å². The summed E-state index contributed by atoms with van der Waals surface area (Å²) in [5.74, 6) is 1.12. The highest BCUT2D eigenvalue weighted by Crippen LogP contribution is 2.26. The number of likely N-dealkylation sites (tertiary alicyclic amines) is 1. The lowest BCUT2D eigenvalue weighted by molar-refractivity contribution is -0.110. The number of rotatable bonds is 8. The van der Waals surface area contributed by atoms with E-state index in [0.29, 0.717) is 24.8 Å². The highest BCUT2D eigenvalue weighted by atomic mass is 16.5. The van der Waals surface area contributed by atoms with Crippen molar-refractivity contribution in [2.75, 3.05) is 38.7 Å². The van der Waals surface area contributed by atoms with Crippen LogP contribution in [0.4, 0.5) is 10.5 Å². The number of nitrogens with one attached hydrogen (secondary N) is 1. The molecular formula is C24H31N3O3. The third-order valence-corrected chi connectivity index (χ3v) is 5.41. The molecule has 160 valence electrons. The van der Waals surface area contributed by atoms with Gasteiger partial charge in [0.05, 0.1) is 5.69 Å². The van der Waals surface area contributed by atoms with Crippen molar-refractivity contribution >= 4 is 18.0 Å². The molecular weight excluding hydrogens is 378 g/mol. The van der Waals surface area contributed by atoms with E-state index in [9.17, 15) is 9.59 Å². The number of benzene rings is 2. The monoisotopic (exact) mass is 409 g/mol. The molecule has 3 rings (SSSR count). The molecule has 6 heteroatoms. The molecule has 1 fully saturated rings. The summed E-state index contributed by atoms with van der Waals surface area (Å²) in [6.45, 7) is 1.52. The minimum Gasteiger partial charge on any atom is -0.489 e. The van der Waals surface area contributed by atoms with E-state index in [2.05, 4.69) is 17.4 Å². The quantitative estimate of drug-likeness (QED) is 0.679. The second-order valence-corrected chi connectivity index (χ2v) is 8.01. The summed E-state index contributed by atoms with van der Waals surface area (Å²) >= 11 is 0. The lowest BCUT2D eigenvalue weighted by Gasteiger charge is -2.33. The van der Waals surface area contributed by atoms with Crippen molar-refractivity contribution < 1.29 is 14.3 Å². The van der Waals surface area contributed by atoms with Crippen LogP contribution in [0, 0.1) is 5.92 Å². The third kappa shape index (κ3) is 5.99. The zero-order valence-electron chi connectivity index (χ0n) is 17.8. The molecule has 2 amide bonds. The van der Waals surface area contributed by atoms with Gasteiger partial charge in [0.15, 0.2) is 0 Å². The maximum Gasteiger partial charge on any atom is 0.318 e. The van der Waals surface area contributed by atoms with Gasteiger partial charge in [-0.15, -0.1) is 0 Å². The van der Waals surface area contributed by atoms with Gasteiger partial charge < -0.3 is 24.6 Å². The van der Waals surface area contributed by atoms with E-state index in [0.717, 1.165) is 31.2 Å². The maximum absolute atomic E-state index is 12.7. The molecule has 0 aromatic heterocycles. The Kier molecular flexibility index (Phi) is 7.71. The standard InChI is InChI=1S/C24H31N3O3/c1-26(2)22-12-6-7-13-23(22)30-18-21(17-28)25-24(29)27-14-8-11-20(16-27)15-19-9-4-3-5-10-19/h3-7,9-10,12-13,17,20-21H,8,11,14-16,18H2,1-2H3,(H,25,29)/t20?,21-/m1/s1. The van der Waals surface area contributed by atoms with Crippen LogP contribution in [0.3, 0.4) is 0 Å². The molecule has 1 N–H and O–H groups in total. The smallest absolute Gasteiger partial charge is 0.318 e. The van der Waals surface area contributed by atoms with Crippen LogP contribution in [-0.2, 0) is 11.2 Å². The van der Waals surface area contributed by atoms with Crippen molar-refractivity contribution in [3.05, 3.63) is 60.2 Å². The van der Waals surface area contributed by atoms with Gasteiger partial charge in [-0.05, 0) is 42.9 Å². The van der Waals surface area contributed by atoms with Crippen molar-refractivity contribution in [3.63, 3.8) is 0 Å². The number of hydrogen-bond donors (Lipinski definition) is 1. The largest absolute Gasteiger partial charge is 0.489 e. The Morgan fingerprint density at radius 2 is 1.93 bits per heavy atom. The molecule has 30 heavy (non-hydrogen) atoms. The summed E-state index contributed by atoms with van der Waals surface area (Å²) < 4.78 is 5.83. The van der Waals surface area contributed by atoms with Crippen molar-refractivity contribution in [1.82, 2.24) is 10.2 Å². The number of anilines is 1. The van der Waals surface area contributed by atoms with Crippen LogP contribution < -0.4 is 15.0 Å². The van der Waals surface area contributed by atoms with Crippen molar-refractivity contribution in [3.8, 4) is 5.75 Å². The molecule has 2 aromatic rings. The first kappa shape index (κ1) is 21.7. The maximum atomic E-state index is 12.7. The highest BCUT2D eigenvalue weighted by Gasteiger charge is 2.25. The fraction of sp³-hybridized carbons (Fsp3) is 0.417. The van der Waals surface area contributed by atoms with Gasteiger partial charge >= 0.3 is 6.03 Å². The number of carbonyl (C=O) groups excluding carboxylic acids is 2. The van der Waals surface area contributed by atoms with Crippen LogP contribution in [0.2, 0.25) is 0 Å². The average molecular weight is 410 g/mol. The molecule has 1 unspecified atom stereocenters. The van der Waals surface area contributed by atoms with E-state index < -0.39 is 6.04 Å². The van der Waals surface area contributed by atoms with Gasteiger partial charge in [0, 0.05) is 27.2 Å². The van der Waals surface area contributed by atoms with Crippen LogP contribution in [0.5, 0.6) is 5.75 Å². The number of carbonyl (C=O) groups is 2. The number of piperidine rings is 1. The van der Waals surface area contributed by atoms with Gasteiger partial charge in [0.2, 0.25) is 0 Å². The van der Waals surface area contributed by atoms with Crippen molar-refractivity contribution in [2.24, 2.45) is 5.92 Å². The van der Waals surface area contributed by atoms with E-state index in [1.165, 1.54) is 5.56 Å². The van der Waals surface area contributed by atoms with Gasteiger partial charge in [-0.1, -0.05) is 42.5 Å². The lowest BCUT2D eigenvalue weighted by Crippen LogP contribution is -2.50. The molecule has 0 radical (unpaired) electrons. The minimum absolute atomic E-state index is 0.0986. The second kappa shape index (κ2) is 10.7. The van der Waals surface area contributed by atoms with Crippen LogP contribution in [-0.4, -0.2) is 57.1 Å². The van der Waals surface area contributed by atoms with Crippen LogP contribution in [0.25, 0.3) is 0 Å². The molecule has 0 aliphatic carbocycles. The van der Waals surface area contributed by atoms with E-state index in [-0.39, 0.29) is 12.6 Å². The lowest BCUT2D eigenvalue weighted by atomic mass is 9.91. The SMILES string of the molecule is CN(C)c1ccccc1OC[C@@H](C=O)NC(=O)N1CCCC(Cc2ccccc2)C1. The van der Waals surface area contributed by atoms with Crippen LogP contribution >= 0.6 is 0 Å². The third-order valence-electron chi connectivity index (χ3n) is 5.41. The van der Waals surface area contributed by atoms with Gasteiger partial charge in [-0.2, -0.15) is 0 Å².